The molecule has 2 aromatic carbocycles. The second-order valence-electron chi connectivity index (χ2n) is 8.37. The van der Waals surface area contributed by atoms with Crippen molar-refractivity contribution in [3.63, 3.8) is 0 Å². The fraction of sp³-hybridized carbons (Fsp3) is 0.222. The van der Waals surface area contributed by atoms with Crippen molar-refractivity contribution in [3.05, 3.63) is 79.4 Å². The molecular weight excluding hydrogens is 447 g/mol. The molecule has 35 heavy (non-hydrogen) atoms. The van der Waals surface area contributed by atoms with Gasteiger partial charge in [0.15, 0.2) is 17.3 Å². The Morgan fingerprint density at radius 3 is 2.80 bits per heavy atom. The molecule has 1 aliphatic rings. The van der Waals surface area contributed by atoms with Crippen LogP contribution in [0.25, 0.3) is 22.2 Å². The first-order valence-electron chi connectivity index (χ1n) is 11.4. The van der Waals surface area contributed by atoms with Gasteiger partial charge < -0.3 is 14.4 Å². The van der Waals surface area contributed by atoms with E-state index < -0.39 is 5.82 Å². The molecular formula is C27H25FN4O3. The molecule has 0 saturated carbocycles. The molecule has 1 aliphatic heterocycles. The number of methoxy groups -OCH3 is 1. The molecule has 0 spiro atoms. The average Bonchev–Trinajstić information content (AvgIpc) is 3.29. The zero-order chi connectivity index (χ0) is 24.4. The van der Waals surface area contributed by atoms with E-state index in [0.717, 1.165) is 41.5 Å². The largest absolute Gasteiger partial charge is 0.490 e. The monoisotopic (exact) mass is 472 g/mol. The van der Waals surface area contributed by atoms with E-state index >= 15 is 0 Å². The summed E-state index contributed by atoms with van der Waals surface area (Å²) in [5.74, 6) is 0.366. The Morgan fingerprint density at radius 2 is 2.03 bits per heavy atom. The van der Waals surface area contributed by atoms with Gasteiger partial charge in [0.25, 0.3) is 0 Å². The lowest BCUT2D eigenvalue weighted by Gasteiger charge is -2.32. The van der Waals surface area contributed by atoms with Crippen LogP contribution in [0.5, 0.6) is 17.2 Å². The number of pyridine rings is 1. The van der Waals surface area contributed by atoms with Crippen LogP contribution in [0.15, 0.2) is 73.6 Å². The van der Waals surface area contributed by atoms with Crippen molar-refractivity contribution in [2.24, 2.45) is 0 Å². The molecule has 5 rings (SSSR count). The van der Waals surface area contributed by atoms with Gasteiger partial charge in [0, 0.05) is 36.4 Å². The highest BCUT2D eigenvalue weighted by atomic mass is 19.1. The lowest BCUT2D eigenvalue weighted by molar-refractivity contribution is -0.127. The molecule has 1 saturated heterocycles. The van der Waals surface area contributed by atoms with E-state index in [2.05, 4.69) is 11.6 Å². The number of fused-ring (bicyclic) bond motifs is 1. The lowest BCUT2D eigenvalue weighted by Crippen LogP contribution is -2.40. The van der Waals surface area contributed by atoms with Crippen LogP contribution in [0.2, 0.25) is 0 Å². The molecule has 4 aromatic rings. The van der Waals surface area contributed by atoms with E-state index in [0.29, 0.717) is 18.0 Å². The zero-order valence-electron chi connectivity index (χ0n) is 19.4. The Kier molecular flexibility index (Phi) is 6.18. The minimum atomic E-state index is -0.484. The summed E-state index contributed by atoms with van der Waals surface area (Å²) in [5, 5.41) is 5.89. The molecule has 1 atom stereocenters. The van der Waals surface area contributed by atoms with E-state index in [9.17, 15) is 9.18 Å². The Bertz CT molecular complexity index is 1380. The van der Waals surface area contributed by atoms with Crippen LogP contribution in [0, 0.1) is 5.82 Å². The number of piperidine rings is 1. The Balaban J connectivity index is 1.45. The number of amides is 1. The number of para-hydroxylation sites is 1. The van der Waals surface area contributed by atoms with Crippen LogP contribution in [0.1, 0.15) is 18.9 Å². The minimum absolute atomic E-state index is 0.0569. The van der Waals surface area contributed by atoms with Crippen molar-refractivity contribution >= 4 is 16.8 Å². The maximum absolute atomic E-state index is 14.0. The van der Waals surface area contributed by atoms with Gasteiger partial charge in [-0.25, -0.2) is 4.39 Å². The van der Waals surface area contributed by atoms with E-state index in [1.54, 1.807) is 18.3 Å². The fourth-order valence-electron chi connectivity index (χ4n) is 4.54. The van der Waals surface area contributed by atoms with E-state index in [4.69, 9.17) is 14.6 Å². The summed E-state index contributed by atoms with van der Waals surface area (Å²) in [7, 11) is 1.41. The van der Waals surface area contributed by atoms with Crippen LogP contribution in [0.3, 0.4) is 0 Å². The number of hydrogen-bond donors (Lipinski definition) is 0. The summed E-state index contributed by atoms with van der Waals surface area (Å²) >= 11 is 0. The number of benzene rings is 2. The highest BCUT2D eigenvalue weighted by Crippen LogP contribution is 2.36. The lowest BCUT2D eigenvalue weighted by atomic mass is 10.1. The maximum atomic E-state index is 14.0. The van der Waals surface area contributed by atoms with Crippen molar-refractivity contribution in [2.45, 2.75) is 18.9 Å². The number of likely N-dealkylation sites (tertiary alicyclic amines) is 1. The van der Waals surface area contributed by atoms with Crippen LogP contribution in [-0.4, -0.2) is 45.8 Å². The van der Waals surface area contributed by atoms with Gasteiger partial charge >= 0.3 is 0 Å². The summed E-state index contributed by atoms with van der Waals surface area (Å²) < 4.78 is 27.0. The topological polar surface area (TPSA) is 69.5 Å². The molecule has 0 unspecified atom stereocenters. The Morgan fingerprint density at radius 1 is 1.20 bits per heavy atom. The third kappa shape index (κ3) is 4.35. The van der Waals surface area contributed by atoms with Crippen molar-refractivity contribution in [3.8, 4) is 28.5 Å². The number of aromatic nitrogens is 3. The van der Waals surface area contributed by atoms with Gasteiger partial charge in [0.2, 0.25) is 5.91 Å². The van der Waals surface area contributed by atoms with Crippen LogP contribution >= 0.6 is 0 Å². The molecule has 178 valence electrons. The number of halogens is 1. The molecule has 3 heterocycles. The molecule has 0 radical (unpaired) electrons. The summed E-state index contributed by atoms with van der Waals surface area (Å²) in [5.41, 5.74) is 2.67. The summed E-state index contributed by atoms with van der Waals surface area (Å²) in [6.07, 6.45) is 6.76. The molecule has 0 N–H and O–H groups in total. The number of nitrogens with zero attached hydrogens (tertiary/aromatic N) is 4. The number of carbonyl (C=O) groups is 1. The second kappa shape index (κ2) is 9.58. The zero-order valence-corrected chi connectivity index (χ0v) is 19.4. The molecule has 0 aliphatic carbocycles. The number of carbonyl (C=O) groups excluding carboxylic acids is 1. The van der Waals surface area contributed by atoms with Gasteiger partial charge in [0.1, 0.15) is 11.4 Å². The smallest absolute Gasteiger partial charge is 0.246 e. The SMILES string of the molecule is C=CC(=O)N1CCC[C@@H](n2nc(-c3ccc(Oc4cccc(F)c4OC)cc3)c3cnccc32)C1. The second-order valence-corrected chi connectivity index (χ2v) is 8.37. The predicted molar refractivity (Wildman–Crippen MR) is 131 cm³/mol. The van der Waals surface area contributed by atoms with Gasteiger partial charge in [-0.3, -0.25) is 14.5 Å². The van der Waals surface area contributed by atoms with E-state index in [-0.39, 0.29) is 17.7 Å². The number of rotatable bonds is 6. The fourth-order valence-corrected chi connectivity index (χ4v) is 4.54. The van der Waals surface area contributed by atoms with Crippen molar-refractivity contribution in [1.82, 2.24) is 19.7 Å². The molecule has 7 nitrogen and oxygen atoms in total. The van der Waals surface area contributed by atoms with Crippen LogP contribution in [-0.2, 0) is 4.79 Å². The van der Waals surface area contributed by atoms with Crippen LogP contribution < -0.4 is 9.47 Å². The van der Waals surface area contributed by atoms with E-state index in [1.165, 1.54) is 19.3 Å². The molecule has 1 amide bonds. The Hall–Kier alpha value is -4.20. The van der Waals surface area contributed by atoms with Crippen LogP contribution in [0.4, 0.5) is 4.39 Å². The number of ether oxygens (including phenoxy) is 2. The number of hydrogen-bond acceptors (Lipinski definition) is 5. The van der Waals surface area contributed by atoms with Crippen molar-refractivity contribution in [2.75, 3.05) is 20.2 Å². The normalized spacial score (nSPS) is 15.7. The Labute approximate surface area is 202 Å². The summed E-state index contributed by atoms with van der Waals surface area (Å²) in [6.45, 7) is 4.93. The minimum Gasteiger partial charge on any atom is -0.490 e. The third-order valence-electron chi connectivity index (χ3n) is 6.23. The molecule has 1 fully saturated rings. The standard InChI is InChI=1S/C27H25FN4O3/c1-3-25(33)31-15-5-6-19(17-31)32-23-13-14-29-16-21(23)26(30-32)18-9-11-20(12-10-18)35-24-8-4-7-22(28)27(24)34-2/h3-4,7-14,16,19H,1,5-6,15,17H2,2H3/t19-/m1/s1. The highest BCUT2D eigenvalue weighted by Gasteiger charge is 2.26. The van der Waals surface area contributed by atoms with Gasteiger partial charge in [-0.2, -0.15) is 5.10 Å². The van der Waals surface area contributed by atoms with Crippen molar-refractivity contribution in [1.29, 1.82) is 0 Å². The van der Waals surface area contributed by atoms with E-state index in [1.807, 2.05) is 46.1 Å². The van der Waals surface area contributed by atoms with Gasteiger partial charge in [-0.05, 0) is 61.4 Å². The molecule has 2 aromatic heterocycles. The summed E-state index contributed by atoms with van der Waals surface area (Å²) in [4.78, 5) is 18.3. The maximum Gasteiger partial charge on any atom is 0.246 e. The first-order valence-corrected chi connectivity index (χ1v) is 11.4. The predicted octanol–water partition coefficient (Wildman–Crippen LogP) is 5.39. The van der Waals surface area contributed by atoms with Gasteiger partial charge in [-0.1, -0.05) is 12.6 Å². The molecule has 0 bridgehead atoms. The average molecular weight is 473 g/mol. The van der Waals surface area contributed by atoms with Crippen molar-refractivity contribution < 1.29 is 18.7 Å². The van der Waals surface area contributed by atoms with Gasteiger partial charge in [0.05, 0.1) is 18.7 Å². The summed E-state index contributed by atoms with van der Waals surface area (Å²) in [6, 6.07) is 14.0. The first-order chi connectivity index (χ1) is 17.1. The first kappa shape index (κ1) is 22.6. The molecule has 8 heteroatoms. The highest BCUT2D eigenvalue weighted by molar-refractivity contribution is 5.93. The van der Waals surface area contributed by atoms with Gasteiger partial charge in [-0.15, -0.1) is 0 Å². The quantitative estimate of drug-likeness (QED) is 0.352. The third-order valence-corrected chi connectivity index (χ3v) is 6.23.